The molecular weight excluding hydrogens is 348 g/mol. The summed E-state index contributed by atoms with van der Waals surface area (Å²) < 4.78 is 6.84. The van der Waals surface area contributed by atoms with Gasteiger partial charge in [-0.2, -0.15) is 10.2 Å². The number of thiophene rings is 1. The zero-order chi connectivity index (χ0) is 17.8. The molecule has 1 N–H and O–H groups in total. The Morgan fingerprint density at radius 2 is 2.04 bits per heavy atom. The topological polar surface area (TPSA) is 72.4 Å². The Morgan fingerprint density at radius 3 is 2.77 bits per heavy atom. The molecule has 0 spiro atoms. The van der Waals surface area contributed by atoms with Gasteiger partial charge in [-0.3, -0.25) is 4.79 Å². The van der Waals surface area contributed by atoms with Crippen LogP contribution >= 0.6 is 11.3 Å². The lowest BCUT2D eigenvalue weighted by atomic mass is 10.2. The van der Waals surface area contributed by atoms with Crippen LogP contribution in [0.2, 0.25) is 0 Å². The molecule has 0 fully saturated rings. The molecule has 0 unspecified atom stereocenters. The van der Waals surface area contributed by atoms with E-state index in [4.69, 9.17) is 4.42 Å². The van der Waals surface area contributed by atoms with E-state index in [0.717, 1.165) is 21.8 Å². The van der Waals surface area contributed by atoms with Gasteiger partial charge in [0.2, 0.25) is 0 Å². The number of aromatic nitrogens is 2. The van der Waals surface area contributed by atoms with Crippen molar-refractivity contribution in [1.82, 2.24) is 15.2 Å². The second-order valence-electron chi connectivity index (χ2n) is 5.37. The summed E-state index contributed by atoms with van der Waals surface area (Å²) in [5, 5.41) is 10.7. The molecule has 4 aromatic rings. The maximum Gasteiger partial charge on any atom is 0.307 e. The van der Waals surface area contributed by atoms with E-state index in [2.05, 4.69) is 15.6 Å². The van der Waals surface area contributed by atoms with Crippen molar-refractivity contribution < 1.29 is 9.21 Å². The van der Waals surface area contributed by atoms with Crippen molar-refractivity contribution in [1.29, 1.82) is 0 Å². The zero-order valence-electron chi connectivity index (χ0n) is 13.6. The number of furan rings is 1. The summed E-state index contributed by atoms with van der Waals surface area (Å²) in [5.74, 6) is -0.194. The van der Waals surface area contributed by atoms with Gasteiger partial charge in [-0.05, 0) is 35.7 Å². The second kappa shape index (κ2) is 7.20. The number of amides is 1. The minimum atomic E-state index is -0.403. The van der Waals surface area contributed by atoms with E-state index in [9.17, 15) is 4.79 Å². The number of carbonyl (C=O) groups excluding carboxylic acids is 1. The molecule has 3 heterocycles. The molecular formula is C19H14N4O2S. The largest absolute Gasteiger partial charge is 0.459 e. The molecule has 26 heavy (non-hydrogen) atoms. The number of nitrogens with zero attached hydrogens (tertiary/aromatic N) is 3. The molecule has 3 aromatic heterocycles. The highest BCUT2D eigenvalue weighted by atomic mass is 32.1. The number of hydrogen-bond acceptors (Lipinski definition) is 5. The van der Waals surface area contributed by atoms with Crippen LogP contribution < -0.4 is 5.43 Å². The molecule has 1 amide bonds. The first-order valence-electron chi connectivity index (χ1n) is 7.87. The molecule has 0 saturated heterocycles. The molecule has 1 aromatic carbocycles. The van der Waals surface area contributed by atoms with Gasteiger partial charge in [-0.1, -0.05) is 24.3 Å². The van der Waals surface area contributed by atoms with Crippen LogP contribution in [0.1, 0.15) is 16.1 Å². The van der Waals surface area contributed by atoms with Gasteiger partial charge in [0.25, 0.3) is 0 Å². The van der Waals surface area contributed by atoms with E-state index in [1.165, 1.54) is 6.26 Å². The quantitative estimate of drug-likeness (QED) is 0.431. The fraction of sp³-hybridized carbons (Fsp3) is 0. The molecule has 6 nitrogen and oxygen atoms in total. The lowest BCUT2D eigenvalue weighted by Gasteiger charge is -1.98. The van der Waals surface area contributed by atoms with Crippen molar-refractivity contribution in [2.24, 2.45) is 5.10 Å². The van der Waals surface area contributed by atoms with Gasteiger partial charge in [0.05, 0.1) is 23.0 Å². The number of rotatable bonds is 5. The first-order chi connectivity index (χ1) is 12.8. The van der Waals surface area contributed by atoms with Crippen LogP contribution in [-0.4, -0.2) is 21.9 Å². The molecule has 7 heteroatoms. The number of benzene rings is 1. The minimum Gasteiger partial charge on any atom is -0.459 e. The Labute approximate surface area is 153 Å². The summed E-state index contributed by atoms with van der Waals surface area (Å²) in [6.45, 7) is 0. The third-order valence-electron chi connectivity index (χ3n) is 3.63. The van der Waals surface area contributed by atoms with Crippen LogP contribution in [0.4, 0.5) is 0 Å². The number of hydrogen-bond donors (Lipinski definition) is 1. The third-order valence-corrected chi connectivity index (χ3v) is 4.51. The zero-order valence-corrected chi connectivity index (χ0v) is 14.4. The highest BCUT2D eigenvalue weighted by molar-refractivity contribution is 7.13. The van der Waals surface area contributed by atoms with Crippen LogP contribution in [0.3, 0.4) is 0 Å². The second-order valence-corrected chi connectivity index (χ2v) is 6.31. The summed E-state index contributed by atoms with van der Waals surface area (Å²) in [7, 11) is 0. The van der Waals surface area contributed by atoms with E-state index in [-0.39, 0.29) is 5.76 Å². The average molecular weight is 362 g/mol. The van der Waals surface area contributed by atoms with E-state index < -0.39 is 5.91 Å². The molecule has 0 aliphatic heterocycles. The fourth-order valence-electron chi connectivity index (χ4n) is 2.42. The van der Waals surface area contributed by atoms with Crippen LogP contribution in [-0.2, 0) is 0 Å². The van der Waals surface area contributed by atoms with Crippen molar-refractivity contribution in [3.8, 4) is 16.3 Å². The minimum absolute atomic E-state index is 0.209. The van der Waals surface area contributed by atoms with Gasteiger partial charge in [-0.25, -0.2) is 10.1 Å². The van der Waals surface area contributed by atoms with Crippen molar-refractivity contribution in [2.45, 2.75) is 0 Å². The predicted octanol–water partition coefficient (Wildman–Crippen LogP) is 3.96. The highest BCUT2D eigenvalue weighted by Crippen LogP contribution is 2.26. The molecule has 128 valence electrons. The van der Waals surface area contributed by atoms with Crippen molar-refractivity contribution >= 4 is 23.5 Å². The molecule has 0 atom stereocenters. The van der Waals surface area contributed by atoms with E-state index >= 15 is 0 Å². The van der Waals surface area contributed by atoms with Gasteiger partial charge in [0.15, 0.2) is 5.76 Å². The van der Waals surface area contributed by atoms with Gasteiger partial charge < -0.3 is 4.42 Å². The van der Waals surface area contributed by atoms with Crippen LogP contribution in [0.15, 0.2) is 82.0 Å². The van der Waals surface area contributed by atoms with E-state index in [1.807, 2.05) is 54.0 Å². The third kappa shape index (κ3) is 3.33. The Balaban J connectivity index is 1.63. The van der Waals surface area contributed by atoms with Crippen LogP contribution in [0, 0.1) is 0 Å². The fourth-order valence-corrected chi connectivity index (χ4v) is 3.15. The smallest absolute Gasteiger partial charge is 0.307 e. The van der Waals surface area contributed by atoms with E-state index in [1.54, 1.807) is 34.4 Å². The Bertz CT molecular complexity index is 1020. The summed E-state index contributed by atoms with van der Waals surface area (Å²) in [6, 6.07) is 17.0. The van der Waals surface area contributed by atoms with Crippen molar-refractivity contribution in [3.63, 3.8) is 0 Å². The van der Waals surface area contributed by atoms with Gasteiger partial charge in [-0.15, -0.1) is 11.3 Å². The van der Waals surface area contributed by atoms with Crippen LogP contribution in [0.25, 0.3) is 16.3 Å². The van der Waals surface area contributed by atoms with Crippen molar-refractivity contribution in [2.75, 3.05) is 0 Å². The average Bonchev–Trinajstić information content (AvgIpc) is 3.42. The SMILES string of the molecule is O=C(N/N=C\c1cn(-c2ccccc2)nc1-c1cccs1)c1ccco1. The molecule has 4 rings (SSSR count). The summed E-state index contributed by atoms with van der Waals surface area (Å²) in [6.07, 6.45) is 4.91. The predicted molar refractivity (Wildman–Crippen MR) is 101 cm³/mol. The number of para-hydroxylation sites is 1. The maximum absolute atomic E-state index is 11.9. The molecule has 0 aliphatic rings. The van der Waals surface area contributed by atoms with Gasteiger partial charge in [0, 0.05) is 11.8 Å². The molecule has 0 bridgehead atoms. The first kappa shape index (κ1) is 16.0. The number of nitrogens with one attached hydrogen (secondary N) is 1. The summed E-state index contributed by atoms with van der Waals surface area (Å²) in [5.41, 5.74) is 5.01. The number of carbonyl (C=O) groups is 1. The lowest BCUT2D eigenvalue weighted by molar-refractivity contribution is 0.0927. The normalized spacial score (nSPS) is 11.1. The van der Waals surface area contributed by atoms with Gasteiger partial charge in [0.1, 0.15) is 5.69 Å². The standard InChI is InChI=1S/C19H14N4O2S/c24-19(16-8-4-10-25-16)21-20-12-14-13-23(15-6-2-1-3-7-15)22-18(14)17-9-5-11-26-17/h1-13H,(H,21,24)/b20-12-. The molecule has 0 saturated carbocycles. The van der Waals surface area contributed by atoms with E-state index in [0.29, 0.717) is 0 Å². The number of hydrazone groups is 1. The highest BCUT2D eigenvalue weighted by Gasteiger charge is 2.12. The lowest BCUT2D eigenvalue weighted by Crippen LogP contribution is -2.16. The van der Waals surface area contributed by atoms with Crippen LogP contribution in [0.5, 0.6) is 0 Å². The Hall–Kier alpha value is -3.45. The summed E-state index contributed by atoms with van der Waals surface area (Å²) in [4.78, 5) is 12.9. The van der Waals surface area contributed by atoms with Gasteiger partial charge >= 0.3 is 5.91 Å². The summed E-state index contributed by atoms with van der Waals surface area (Å²) >= 11 is 1.60. The molecule has 0 aliphatic carbocycles. The Kier molecular flexibility index (Phi) is 4.44. The maximum atomic E-state index is 11.9. The monoisotopic (exact) mass is 362 g/mol. The first-order valence-corrected chi connectivity index (χ1v) is 8.75. The molecule has 0 radical (unpaired) electrons. The van der Waals surface area contributed by atoms with Crippen molar-refractivity contribution in [3.05, 3.63) is 83.8 Å². The Morgan fingerprint density at radius 1 is 1.15 bits per heavy atom.